The smallest absolute Gasteiger partial charge is 0.271 e. The molecule has 0 aliphatic heterocycles. The second kappa shape index (κ2) is 9.50. The van der Waals surface area contributed by atoms with Crippen LogP contribution in [0.1, 0.15) is 6.92 Å². The number of nitrogens with zero attached hydrogens (tertiary/aromatic N) is 2. The SMILES string of the molecule is C[C@@H](C(=O)Nc1cccc([N+](=O)[O-])c1)N(C)CC(=O)Nc1ccc(Cl)c(Cl)c1. The third kappa shape index (κ3) is 5.91. The first-order chi connectivity index (χ1) is 13.2. The van der Waals surface area contributed by atoms with Crippen LogP contribution in [0.4, 0.5) is 17.1 Å². The van der Waals surface area contributed by atoms with Crippen molar-refractivity contribution in [2.45, 2.75) is 13.0 Å². The first-order valence-corrected chi connectivity index (χ1v) is 8.93. The minimum Gasteiger partial charge on any atom is -0.325 e. The Kier molecular flexibility index (Phi) is 7.33. The Labute approximate surface area is 171 Å². The average Bonchev–Trinajstić information content (AvgIpc) is 2.64. The second-order valence-corrected chi connectivity index (χ2v) is 6.88. The molecule has 8 nitrogen and oxygen atoms in total. The van der Waals surface area contributed by atoms with Crippen molar-refractivity contribution < 1.29 is 14.5 Å². The Morgan fingerprint density at radius 3 is 2.43 bits per heavy atom. The number of likely N-dealkylation sites (N-methyl/N-ethyl adjacent to an activating group) is 1. The Balaban J connectivity index is 1.93. The molecule has 0 aliphatic rings. The lowest BCUT2D eigenvalue weighted by atomic mass is 10.2. The number of nitro groups is 1. The quantitative estimate of drug-likeness (QED) is 0.519. The van der Waals surface area contributed by atoms with Crippen LogP contribution in [0.25, 0.3) is 0 Å². The number of hydrogen-bond donors (Lipinski definition) is 2. The van der Waals surface area contributed by atoms with E-state index in [1.54, 1.807) is 37.1 Å². The number of carbonyl (C=O) groups excluding carboxylic acids is 2. The van der Waals surface area contributed by atoms with Crippen molar-refractivity contribution in [3.63, 3.8) is 0 Å². The number of rotatable bonds is 7. The van der Waals surface area contributed by atoms with Crippen LogP contribution in [-0.2, 0) is 9.59 Å². The Morgan fingerprint density at radius 2 is 1.79 bits per heavy atom. The molecule has 2 N–H and O–H groups in total. The van der Waals surface area contributed by atoms with Gasteiger partial charge in [0.15, 0.2) is 0 Å². The van der Waals surface area contributed by atoms with Crippen LogP contribution >= 0.6 is 23.2 Å². The molecule has 28 heavy (non-hydrogen) atoms. The molecule has 0 saturated carbocycles. The summed E-state index contributed by atoms with van der Waals surface area (Å²) in [5.41, 5.74) is 0.668. The molecule has 10 heteroatoms. The number of nitro benzene ring substituents is 1. The minimum atomic E-state index is -0.654. The number of anilines is 2. The largest absolute Gasteiger partial charge is 0.325 e. The number of hydrogen-bond acceptors (Lipinski definition) is 5. The van der Waals surface area contributed by atoms with Crippen molar-refractivity contribution in [2.75, 3.05) is 24.2 Å². The highest BCUT2D eigenvalue weighted by molar-refractivity contribution is 6.42. The van der Waals surface area contributed by atoms with Crippen molar-refractivity contribution >= 4 is 52.1 Å². The maximum Gasteiger partial charge on any atom is 0.271 e. The van der Waals surface area contributed by atoms with E-state index in [1.165, 1.54) is 24.3 Å². The third-order valence-electron chi connectivity index (χ3n) is 3.96. The number of halogens is 2. The molecule has 0 aromatic heterocycles. The lowest BCUT2D eigenvalue weighted by molar-refractivity contribution is -0.384. The summed E-state index contributed by atoms with van der Waals surface area (Å²) in [5, 5.41) is 16.8. The molecule has 0 spiro atoms. The molecule has 1 atom stereocenters. The van der Waals surface area contributed by atoms with E-state index in [1.807, 2.05) is 0 Å². The number of benzene rings is 2. The normalized spacial score (nSPS) is 11.8. The fraction of sp³-hybridized carbons (Fsp3) is 0.222. The number of carbonyl (C=O) groups is 2. The van der Waals surface area contributed by atoms with Crippen LogP contribution in [-0.4, -0.2) is 41.3 Å². The first-order valence-electron chi connectivity index (χ1n) is 8.18. The molecule has 2 aromatic rings. The number of non-ortho nitro benzene ring substituents is 1. The molecule has 2 aromatic carbocycles. The fourth-order valence-electron chi connectivity index (χ4n) is 2.28. The predicted molar refractivity (Wildman–Crippen MR) is 109 cm³/mol. The van der Waals surface area contributed by atoms with Crippen molar-refractivity contribution in [1.29, 1.82) is 0 Å². The first kappa shape index (κ1) is 21.6. The molecule has 148 valence electrons. The van der Waals surface area contributed by atoms with Gasteiger partial charge in [-0.05, 0) is 38.2 Å². The Hall–Kier alpha value is -2.68. The van der Waals surface area contributed by atoms with Gasteiger partial charge in [0.05, 0.1) is 27.6 Å². The highest BCUT2D eigenvalue weighted by Gasteiger charge is 2.21. The van der Waals surface area contributed by atoms with Gasteiger partial charge in [0.25, 0.3) is 5.69 Å². The van der Waals surface area contributed by atoms with Crippen molar-refractivity contribution in [2.24, 2.45) is 0 Å². The molecule has 0 fully saturated rings. The lowest BCUT2D eigenvalue weighted by Gasteiger charge is -2.23. The van der Waals surface area contributed by atoms with Crippen LogP contribution < -0.4 is 10.6 Å². The molecule has 2 amide bonds. The fourth-order valence-corrected chi connectivity index (χ4v) is 2.58. The van der Waals surface area contributed by atoms with Gasteiger partial charge >= 0.3 is 0 Å². The molecular formula is C18H18Cl2N4O4. The molecule has 0 bridgehead atoms. The van der Waals surface area contributed by atoms with Gasteiger partial charge in [-0.15, -0.1) is 0 Å². The van der Waals surface area contributed by atoms with Crippen LogP contribution in [0.2, 0.25) is 10.0 Å². The van der Waals surface area contributed by atoms with E-state index in [-0.39, 0.29) is 18.1 Å². The van der Waals surface area contributed by atoms with Crippen LogP contribution in [0.5, 0.6) is 0 Å². The maximum absolute atomic E-state index is 12.4. The number of amides is 2. The van der Waals surface area contributed by atoms with E-state index in [4.69, 9.17) is 23.2 Å². The summed E-state index contributed by atoms with van der Waals surface area (Å²) in [7, 11) is 1.62. The molecule has 2 rings (SSSR count). The van der Waals surface area contributed by atoms with Crippen LogP contribution in [0, 0.1) is 10.1 Å². The summed E-state index contributed by atoms with van der Waals surface area (Å²) in [6.45, 7) is 1.57. The highest BCUT2D eigenvalue weighted by Crippen LogP contribution is 2.25. The minimum absolute atomic E-state index is 0.0518. The zero-order chi connectivity index (χ0) is 20.8. The molecule has 0 radical (unpaired) electrons. The van der Waals surface area contributed by atoms with Gasteiger partial charge < -0.3 is 10.6 Å². The van der Waals surface area contributed by atoms with Gasteiger partial charge in [-0.25, -0.2) is 0 Å². The van der Waals surface area contributed by atoms with Crippen molar-refractivity contribution in [1.82, 2.24) is 4.90 Å². The van der Waals surface area contributed by atoms with Gasteiger partial charge in [-0.1, -0.05) is 29.3 Å². The van der Waals surface area contributed by atoms with Gasteiger partial charge in [-0.3, -0.25) is 24.6 Å². The summed E-state index contributed by atoms with van der Waals surface area (Å²) < 4.78 is 0. The van der Waals surface area contributed by atoms with E-state index < -0.39 is 16.9 Å². The molecule has 0 aliphatic carbocycles. The molecule has 0 unspecified atom stereocenters. The van der Waals surface area contributed by atoms with E-state index in [9.17, 15) is 19.7 Å². The van der Waals surface area contributed by atoms with E-state index >= 15 is 0 Å². The predicted octanol–water partition coefficient (Wildman–Crippen LogP) is 3.80. The third-order valence-corrected chi connectivity index (χ3v) is 4.70. The lowest BCUT2D eigenvalue weighted by Crippen LogP contribution is -2.43. The van der Waals surface area contributed by atoms with Gasteiger partial charge in [-0.2, -0.15) is 0 Å². The maximum atomic E-state index is 12.4. The summed E-state index contributed by atoms with van der Waals surface area (Å²) in [4.78, 5) is 36.4. The van der Waals surface area contributed by atoms with E-state index in [0.717, 1.165) is 0 Å². The number of nitrogens with one attached hydrogen (secondary N) is 2. The van der Waals surface area contributed by atoms with Gasteiger partial charge in [0, 0.05) is 23.5 Å². The summed E-state index contributed by atoms with van der Waals surface area (Å²) >= 11 is 11.8. The zero-order valence-corrected chi connectivity index (χ0v) is 16.6. The monoisotopic (exact) mass is 424 g/mol. The standard InChI is InChI=1S/C18H18Cl2N4O4/c1-11(18(26)22-12-4-3-5-14(8-12)24(27)28)23(2)10-17(25)21-13-6-7-15(19)16(20)9-13/h3-9,11H,10H2,1-2H3,(H,21,25)(H,22,26)/t11-/m0/s1. The summed E-state index contributed by atoms with van der Waals surface area (Å²) in [6.07, 6.45) is 0. The van der Waals surface area contributed by atoms with E-state index in [0.29, 0.717) is 21.4 Å². The van der Waals surface area contributed by atoms with Gasteiger partial charge in [0.1, 0.15) is 0 Å². The summed E-state index contributed by atoms with van der Waals surface area (Å²) in [6, 6.07) is 9.68. The molecule has 0 saturated heterocycles. The molecule has 0 heterocycles. The van der Waals surface area contributed by atoms with Crippen molar-refractivity contribution in [3.05, 3.63) is 62.6 Å². The highest BCUT2D eigenvalue weighted by atomic mass is 35.5. The zero-order valence-electron chi connectivity index (χ0n) is 15.1. The second-order valence-electron chi connectivity index (χ2n) is 6.06. The molecular weight excluding hydrogens is 407 g/mol. The Bertz CT molecular complexity index is 907. The van der Waals surface area contributed by atoms with Crippen LogP contribution in [0.3, 0.4) is 0 Å². The summed E-state index contributed by atoms with van der Waals surface area (Å²) in [5.74, 6) is -0.735. The average molecular weight is 425 g/mol. The van der Waals surface area contributed by atoms with Crippen molar-refractivity contribution in [3.8, 4) is 0 Å². The van der Waals surface area contributed by atoms with Gasteiger partial charge in [0.2, 0.25) is 11.8 Å². The Morgan fingerprint density at radius 1 is 1.11 bits per heavy atom. The topological polar surface area (TPSA) is 105 Å². The van der Waals surface area contributed by atoms with Crippen LogP contribution in [0.15, 0.2) is 42.5 Å². The van der Waals surface area contributed by atoms with E-state index in [2.05, 4.69) is 10.6 Å².